The van der Waals surface area contributed by atoms with E-state index in [2.05, 4.69) is 44.3 Å². The van der Waals surface area contributed by atoms with Crippen molar-refractivity contribution in [2.24, 2.45) is 5.92 Å². The van der Waals surface area contributed by atoms with Gasteiger partial charge in [0.25, 0.3) is 0 Å². The van der Waals surface area contributed by atoms with E-state index in [9.17, 15) is 0 Å². The fourth-order valence-corrected chi connectivity index (χ4v) is 1.87. The molecular weight excluding hydrogens is 226 g/mol. The number of hydrogen-bond acceptors (Lipinski definition) is 3. The van der Waals surface area contributed by atoms with Crippen molar-refractivity contribution in [3.63, 3.8) is 0 Å². The van der Waals surface area contributed by atoms with Gasteiger partial charge in [-0.25, -0.2) is 0 Å². The van der Waals surface area contributed by atoms with Gasteiger partial charge < -0.3 is 10.4 Å². The predicted octanol–water partition coefficient (Wildman–Crippen LogP) is 2.14. The van der Waals surface area contributed by atoms with Crippen molar-refractivity contribution in [1.29, 1.82) is 0 Å². The minimum Gasteiger partial charge on any atom is -0.396 e. The van der Waals surface area contributed by atoms with Gasteiger partial charge in [-0.15, -0.1) is 0 Å². The first kappa shape index (κ1) is 15.2. The smallest absolute Gasteiger partial charge is 0.0543 e. The van der Waals surface area contributed by atoms with Gasteiger partial charge in [0.1, 0.15) is 0 Å². The van der Waals surface area contributed by atoms with Gasteiger partial charge in [0.05, 0.1) is 11.7 Å². The van der Waals surface area contributed by atoms with Gasteiger partial charge in [0.15, 0.2) is 0 Å². The summed E-state index contributed by atoms with van der Waals surface area (Å²) in [5.74, 6) is 0.563. The molecular formula is C14H27N3O. The fraction of sp³-hybridized carbons (Fsp3) is 0.786. The normalized spacial score (nSPS) is 13.8. The van der Waals surface area contributed by atoms with Gasteiger partial charge in [-0.2, -0.15) is 5.10 Å². The monoisotopic (exact) mass is 253 g/mol. The van der Waals surface area contributed by atoms with Gasteiger partial charge in [0.2, 0.25) is 0 Å². The Hall–Kier alpha value is -0.870. The molecule has 0 spiro atoms. The van der Waals surface area contributed by atoms with Crippen LogP contribution in [0.2, 0.25) is 0 Å². The van der Waals surface area contributed by atoms with Gasteiger partial charge in [-0.3, -0.25) is 4.68 Å². The van der Waals surface area contributed by atoms with Crippen LogP contribution in [-0.4, -0.2) is 28.0 Å². The minimum absolute atomic E-state index is 0.0428. The van der Waals surface area contributed by atoms with E-state index < -0.39 is 0 Å². The van der Waals surface area contributed by atoms with Crippen molar-refractivity contribution in [2.45, 2.75) is 52.6 Å². The highest BCUT2D eigenvalue weighted by atomic mass is 16.3. The molecule has 0 radical (unpaired) electrons. The SMILES string of the molecule is CCC(CCO)CNCc1cnn(C(C)(C)C)c1. The summed E-state index contributed by atoms with van der Waals surface area (Å²) in [4.78, 5) is 0. The van der Waals surface area contributed by atoms with E-state index in [4.69, 9.17) is 5.11 Å². The van der Waals surface area contributed by atoms with E-state index in [1.807, 2.05) is 10.9 Å². The molecule has 0 aliphatic rings. The molecule has 0 bridgehead atoms. The second-order valence-corrected chi connectivity index (χ2v) is 5.88. The molecule has 0 aliphatic carbocycles. The van der Waals surface area contributed by atoms with Crippen molar-refractivity contribution >= 4 is 0 Å². The molecule has 1 heterocycles. The maximum Gasteiger partial charge on any atom is 0.0543 e. The third-order valence-corrected chi connectivity index (χ3v) is 3.20. The van der Waals surface area contributed by atoms with E-state index >= 15 is 0 Å². The molecule has 0 fully saturated rings. The van der Waals surface area contributed by atoms with Crippen molar-refractivity contribution < 1.29 is 5.11 Å². The van der Waals surface area contributed by atoms with Crippen molar-refractivity contribution in [2.75, 3.05) is 13.2 Å². The molecule has 4 nitrogen and oxygen atoms in total. The Morgan fingerprint density at radius 2 is 2.17 bits per heavy atom. The fourth-order valence-electron chi connectivity index (χ4n) is 1.87. The minimum atomic E-state index is 0.0428. The molecule has 2 N–H and O–H groups in total. The molecule has 1 atom stereocenters. The molecule has 0 saturated carbocycles. The lowest BCUT2D eigenvalue weighted by Gasteiger charge is -2.18. The number of rotatable bonds is 7. The third kappa shape index (κ3) is 4.78. The van der Waals surface area contributed by atoms with Crippen LogP contribution in [0.4, 0.5) is 0 Å². The molecule has 4 heteroatoms. The number of aliphatic hydroxyl groups is 1. The van der Waals surface area contributed by atoms with Crippen LogP contribution in [0.1, 0.15) is 46.1 Å². The lowest BCUT2D eigenvalue weighted by atomic mass is 10.0. The maximum atomic E-state index is 8.94. The first-order valence-corrected chi connectivity index (χ1v) is 6.83. The van der Waals surface area contributed by atoms with Crippen molar-refractivity contribution in [1.82, 2.24) is 15.1 Å². The van der Waals surface area contributed by atoms with E-state index in [0.717, 1.165) is 25.9 Å². The molecule has 0 aromatic carbocycles. The first-order chi connectivity index (χ1) is 8.47. The van der Waals surface area contributed by atoms with Crippen LogP contribution >= 0.6 is 0 Å². The third-order valence-electron chi connectivity index (χ3n) is 3.20. The van der Waals surface area contributed by atoms with Crippen LogP contribution < -0.4 is 5.32 Å². The highest BCUT2D eigenvalue weighted by Gasteiger charge is 2.13. The van der Waals surface area contributed by atoms with E-state index in [1.165, 1.54) is 5.56 Å². The summed E-state index contributed by atoms with van der Waals surface area (Å²) in [5.41, 5.74) is 1.25. The maximum absolute atomic E-state index is 8.94. The average molecular weight is 253 g/mol. The molecule has 1 rings (SSSR count). The van der Waals surface area contributed by atoms with Gasteiger partial charge in [-0.1, -0.05) is 13.3 Å². The van der Waals surface area contributed by atoms with Crippen molar-refractivity contribution in [3.8, 4) is 0 Å². The van der Waals surface area contributed by atoms with Crippen molar-refractivity contribution in [3.05, 3.63) is 18.0 Å². The molecule has 1 unspecified atom stereocenters. The zero-order chi connectivity index (χ0) is 13.6. The van der Waals surface area contributed by atoms with Crippen LogP contribution in [0.5, 0.6) is 0 Å². The second kappa shape index (κ2) is 6.90. The molecule has 18 heavy (non-hydrogen) atoms. The standard InChI is InChI=1S/C14H27N3O/c1-5-12(6-7-18)8-15-9-13-10-16-17(11-13)14(2,3)4/h10-12,15,18H,5-9H2,1-4H3. The summed E-state index contributed by atoms with van der Waals surface area (Å²) in [6, 6.07) is 0. The Labute approximate surface area is 110 Å². The van der Waals surface area contributed by atoms with E-state index in [-0.39, 0.29) is 12.1 Å². The van der Waals surface area contributed by atoms with Crippen LogP contribution in [0.15, 0.2) is 12.4 Å². The summed E-state index contributed by atoms with van der Waals surface area (Å²) in [5, 5.41) is 16.8. The molecule has 0 saturated heterocycles. The Morgan fingerprint density at radius 3 is 2.67 bits per heavy atom. The quantitative estimate of drug-likeness (QED) is 0.782. The van der Waals surface area contributed by atoms with E-state index in [1.54, 1.807) is 0 Å². The van der Waals surface area contributed by atoms with Gasteiger partial charge in [0, 0.05) is 24.9 Å². The number of nitrogens with one attached hydrogen (secondary N) is 1. The second-order valence-electron chi connectivity index (χ2n) is 5.88. The number of nitrogens with zero attached hydrogens (tertiary/aromatic N) is 2. The number of aromatic nitrogens is 2. The highest BCUT2D eigenvalue weighted by Crippen LogP contribution is 2.13. The van der Waals surface area contributed by atoms with Gasteiger partial charge >= 0.3 is 0 Å². The summed E-state index contributed by atoms with van der Waals surface area (Å²) in [7, 11) is 0. The predicted molar refractivity (Wildman–Crippen MR) is 74.4 cm³/mol. The summed E-state index contributed by atoms with van der Waals surface area (Å²) in [6.07, 6.45) is 6.00. The van der Waals surface area contributed by atoms with Crippen LogP contribution in [0.25, 0.3) is 0 Å². The largest absolute Gasteiger partial charge is 0.396 e. The topological polar surface area (TPSA) is 50.1 Å². The van der Waals surface area contributed by atoms with Crippen LogP contribution in [0.3, 0.4) is 0 Å². The summed E-state index contributed by atoms with van der Waals surface area (Å²) in [6.45, 7) is 10.7. The zero-order valence-corrected chi connectivity index (χ0v) is 12.1. The first-order valence-electron chi connectivity index (χ1n) is 6.83. The molecule has 104 valence electrons. The zero-order valence-electron chi connectivity index (χ0n) is 12.1. The lowest BCUT2D eigenvalue weighted by Crippen LogP contribution is -2.23. The molecule has 0 amide bonds. The summed E-state index contributed by atoms with van der Waals surface area (Å²) >= 11 is 0. The number of aliphatic hydroxyl groups excluding tert-OH is 1. The average Bonchev–Trinajstić information content (AvgIpc) is 2.76. The number of hydrogen-bond donors (Lipinski definition) is 2. The molecule has 0 aliphatic heterocycles. The highest BCUT2D eigenvalue weighted by molar-refractivity contribution is 5.04. The van der Waals surface area contributed by atoms with E-state index in [0.29, 0.717) is 5.92 Å². The molecule has 1 aromatic heterocycles. The van der Waals surface area contributed by atoms with Crippen LogP contribution in [0, 0.1) is 5.92 Å². The summed E-state index contributed by atoms with van der Waals surface area (Å²) < 4.78 is 2.00. The Bertz CT molecular complexity index is 341. The van der Waals surface area contributed by atoms with Gasteiger partial charge in [-0.05, 0) is 39.7 Å². The Morgan fingerprint density at radius 1 is 1.44 bits per heavy atom. The van der Waals surface area contributed by atoms with Crippen LogP contribution in [-0.2, 0) is 12.1 Å². The molecule has 1 aromatic rings. The lowest BCUT2D eigenvalue weighted by molar-refractivity contribution is 0.251. The Kier molecular flexibility index (Phi) is 5.82. The Balaban J connectivity index is 2.37.